The molecule has 7 nitrogen and oxygen atoms in total. The van der Waals surface area contributed by atoms with Crippen LogP contribution in [0.25, 0.3) is 0 Å². The highest BCUT2D eigenvalue weighted by molar-refractivity contribution is 5.81. The number of guanidine groups is 1. The molecule has 5 rings (SSSR count). The largest absolute Gasteiger partial charge is 0.357 e. The topological polar surface area (TPSA) is 63.2 Å². The lowest BCUT2D eigenvalue weighted by Crippen LogP contribution is -2.62. The molecular weight excluding hydrogens is 316 g/mol. The number of fused-ring (bicyclic) bond motifs is 3. The molecule has 0 aromatic rings. The zero-order valence-corrected chi connectivity index (χ0v) is 15.5. The fraction of sp³-hybridized carbons (Fsp3) is 0.889. The van der Waals surface area contributed by atoms with E-state index in [4.69, 9.17) is 4.99 Å². The number of likely N-dealkylation sites (tertiary alicyclic amines) is 1. The maximum Gasteiger partial charge on any atom is 0.220 e. The van der Waals surface area contributed by atoms with Crippen molar-refractivity contribution in [2.75, 3.05) is 65.4 Å². The van der Waals surface area contributed by atoms with E-state index in [1.165, 1.54) is 26.2 Å². The zero-order chi connectivity index (χ0) is 17.3. The molecule has 0 aromatic heterocycles. The molecule has 5 saturated heterocycles. The van der Waals surface area contributed by atoms with E-state index in [0.29, 0.717) is 12.5 Å². The second kappa shape index (κ2) is 7.11. The van der Waals surface area contributed by atoms with Crippen molar-refractivity contribution in [3.8, 4) is 0 Å². The number of amides is 1. The molecule has 2 atom stereocenters. The minimum Gasteiger partial charge on any atom is -0.357 e. The van der Waals surface area contributed by atoms with E-state index in [1.807, 2.05) is 0 Å². The third-order valence-electron chi connectivity index (χ3n) is 6.34. The molecule has 1 spiro atoms. The van der Waals surface area contributed by atoms with Crippen molar-refractivity contribution < 1.29 is 4.79 Å². The highest BCUT2D eigenvalue weighted by Crippen LogP contribution is 2.36. The fourth-order valence-corrected chi connectivity index (χ4v) is 4.94. The number of nitrogens with zero attached hydrogens (tertiary/aromatic N) is 4. The van der Waals surface area contributed by atoms with E-state index >= 15 is 0 Å². The number of carbonyl (C=O) groups excluding carboxylic acids is 1. The summed E-state index contributed by atoms with van der Waals surface area (Å²) in [5.74, 6) is 1.25. The molecule has 5 fully saturated rings. The third-order valence-corrected chi connectivity index (χ3v) is 6.34. The van der Waals surface area contributed by atoms with Crippen LogP contribution in [0, 0.1) is 5.41 Å². The Morgan fingerprint density at radius 2 is 2.16 bits per heavy atom. The van der Waals surface area contributed by atoms with E-state index in [0.717, 1.165) is 58.1 Å². The number of piperazine rings is 3. The number of carbonyl (C=O) groups is 1. The monoisotopic (exact) mass is 348 g/mol. The molecule has 5 aliphatic rings. The molecule has 5 aliphatic heterocycles. The first-order valence-corrected chi connectivity index (χ1v) is 9.94. The Kier molecular flexibility index (Phi) is 4.86. The van der Waals surface area contributed by atoms with Crippen LogP contribution in [-0.4, -0.2) is 98.1 Å². The second-order valence-corrected chi connectivity index (χ2v) is 8.16. The molecule has 2 N–H and O–H groups in total. The van der Waals surface area contributed by atoms with Crippen LogP contribution in [0.2, 0.25) is 0 Å². The van der Waals surface area contributed by atoms with Gasteiger partial charge in [0.05, 0.1) is 6.54 Å². The van der Waals surface area contributed by atoms with Crippen LogP contribution in [0.4, 0.5) is 0 Å². The molecule has 0 aliphatic carbocycles. The summed E-state index contributed by atoms with van der Waals surface area (Å²) in [7, 11) is 0. The lowest BCUT2D eigenvalue weighted by atomic mass is 9.79. The van der Waals surface area contributed by atoms with Crippen molar-refractivity contribution in [3.63, 3.8) is 0 Å². The summed E-state index contributed by atoms with van der Waals surface area (Å²) in [6, 6.07) is 0.560. The standard InChI is InChI=1S/C18H32N6O/c1-2-19-17(20-11-15-12-22-6-8-23(15)9-7-22)24-5-3-4-18(14-24)10-16(25)21-13-18/h15H,2-14H2,1H3,(H,19,20)(H,21,25). The Balaban J connectivity index is 1.42. The van der Waals surface area contributed by atoms with Gasteiger partial charge >= 0.3 is 0 Å². The molecular formula is C18H32N6O. The van der Waals surface area contributed by atoms with Crippen molar-refractivity contribution in [1.29, 1.82) is 0 Å². The van der Waals surface area contributed by atoms with Crippen molar-refractivity contribution in [3.05, 3.63) is 0 Å². The van der Waals surface area contributed by atoms with Gasteiger partial charge in [0.2, 0.25) is 5.91 Å². The summed E-state index contributed by atoms with van der Waals surface area (Å²) in [4.78, 5) is 24.3. The van der Waals surface area contributed by atoms with Gasteiger partial charge in [-0.3, -0.25) is 19.6 Å². The molecule has 0 radical (unpaired) electrons. The molecule has 5 heterocycles. The minimum absolute atomic E-state index is 0.116. The fourth-order valence-electron chi connectivity index (χ4n) is 4.94. The van der Waals surface area contributed by atoms with Gasteiger partial charge in [-0.2, -0.15) is 0 Å². The van der Waals surface area contributed by atoms with Crippen LogP contribution in [0.5, 0.6) is 0 Å². The highest BCUT2D eigenvalue weighted by atomic mass is 16.1. The number of piperidine rings is 1. The van der Waals surface area contributed by atoms with E-state index < -0.39 is 0 Å². The van der Waals surface area contributed by atoms with Gasteiger partial charge in [0.1, 0.15) is 0 Å². The van der Waals surface area contributed by atoms with Crippen LogP contribution in [0.1, 0.15) is 26.2 Å². The predicted molar refractivity (Wildman–Crippen MR) is 98.6 cm³/mol. The Hall–Kier alpha value is -1.34. The summed E-state index contributed by atoms with van der Waals surface area (Å²) < 4.78 is 0. The smallest absolute Gasteiger partial charge is 0.220 e. The summed E-state index contributed by atoms with van der Waals surface area (Å²) in [6.45, 7) is 12.7. The van der Waals surface area contributed by atoms with Gasteiger partial charge in [-0.05, 0) is 19.8 Å². The van der Waals surface area contributed by atoms with E-state index in [9.17, 15) is 4.79 Å². The molecule has 25 heavy (non-hydrogen) atoms. The highest BCUT2D eigenvalue weighted by Gasteiger charge is 2.42. The lowest BCUT2D eigenvalue weighted by molar-refractivity contribution is -0.119. The summed E-state index contributed by atoms with van der Waals surface area (Å²) in [6.07, 6.45) is 2.96. The number of nitrogens with one attached hydrogen (secondary N) is 2. The van der Waals surface area contributed by atoms with Crippen LogP contribution in [0.3, 0.4) is 0 Å². The van der Waals surface area contributed by atoms with Crippen LogP contribution < -0.4 is 10.6 Å². The molecule has 1 amide bonds. The molecule has 140 valence electrons. The average molecular weight is 348 g/mol. The van der Waals surface area contributed by atoms with Gasteiger partial charge in [0.25, 0.3) is 0 Å². The van der Waals surface area contributed by atoms with Crippen LogP contribution >= 0.6 is 0 Å². The average Bonchev–Trinajstić information content (AvgIpc) is 2.99. The molecule has 0 aromatic carbocycles. The Bertz CT molecular complexity index is 530. The van der Waals surface area contributed by atoms with Crippen molar-refractivity contribution >= 4 is 11.9 Å². The summed E-state index contributed by atoms with van der Waals surface area (Å²) in [5, 5.41) is 6.53. The first kappa shape index (κ1) is 17.1. The van der Waals surface area contributed by atoms with Gasteiger partial charge in [-0.1, -0.05) is 0 Å². The van der Waals surface area contributed by atoms with Crippen molar-refractivity contribution in [2.24, 2.45) is 10.4 Å². The predicted octanol–water partition coefficient (Wildman–Crippen LogP) is -0.446. The van der Waals surface area contributed by atoms with Crippen molar-refractivity contribution in [2.45, 2.75) is 32.2 Å². The Labute approximate surface area is 150 Å². The normalized spacial score (nSPS) is 38.3. The van der Waals surface area contributed by atoms with Gasteiger partial charge in [-0.15, -0.1) is 0 Å². The van der Waals surface area contributed by atoms with Crippen molar-refractivity contribution in [1.82, 2.24) is 25.3 Å². The molecule has 7 heteroatoms. The molecule has 2 bridgehead atoms. The maximum absolute atomic E-state index is 11.7. The zero-order valence-electron chi connectivity index (χ0n) is 15.5. The molecule has 2 unspecified atom stereocenters. The third kappa shape index (κ3) is 3.62. The summed E-state index contributed by atoms with van der Waals surface area (Å²) in [5.41, 5.74) is 0.116. The Morgan fingerprint density at radius 1 is 1.32 bits per heavy atom. The van der Waals surface area contributed by atoms with Gasteiger partial charge in [0.15, 0.2) is 5.96 Å². The van der Waals surface area contributed by atoms with Crippen LogP contribution in [-0.2, 0) is 4.79 Å². The van der Waals surface area contributed by atoms with Gasteiger partial charge in [-0.25, -0.2) is 0 Å². The SMILES string of the molecule is CCNC(=NCC1CN2CCN1CC2)N1CCCC2(CNC(=O)C2)C1. The molecule has 0 saturated carbocycles. The summed E-state index contributed by atoms with van der Waals surface area (Å²) >= 11 is 0. The van der Waals surface area contributed by atoms with Crippen LogP contribution in [0.15, 0.2) is 4.99 Å². The van der Waals surface area contributed by atoms with Gasteiger partial charge < -0.3 is 15.5 Å². The van der Waals surface area contributed by atoms with E-state index in [2.05, 4.69) is 32.3 Å². The maximum atomic E-state index is 11.7. The van der Waals surface area contributed by atoms with Gasteiger partial charge in [0, 0.05) is 76.8 Å². The van der Waals surface area contributed by atoms with E-state index in [1.54, 1.807) is 0 Å². The number of aliphatic imine (C=N–C) groups is 1. The quantitative estimate of drug-likeness (QED) is 0.535. The first-order valence-electron chi connectivity index (χ1n) is 9.94. The van der Waals surface area contributed by atoms with E-state index in [-0.39, 0.29) is 11.3 Å². The number of hydrogen-bond acceptors (Lipinski definition) is 4. The number of rotatable bonds is 3. The minimum atomic E-state index is 0.116. The first-order chi connectivity index (χ1) is 12.2. The Morgan fingerprint density at radius 3 is 2.80 bits per heavy atom. The lowest BCUT2D eigenvalue weighted by Gasteiger charge is -2.47. The second-order valence-electron chi connectivity index (χ2n) is 8.16. The number of hydrogen-bond donors (Lipinski definition) is 2.